The quantitative estimate of drug-likeness (QED) is 0.432. The normalized spacial score (nSPS) is 9.82. The second-order valence-electron chi connectivity index (χ2n) is 3.12. The summed E-state index contributed by atoms with van der Waals surface area (Å²) in [4.78, 5) is 20.7. The summed E-state index contributed by atoms with van der Waals surface area (Å²) >= 11 is 0. The highest BCUT2D eigenvalue weighted by molar-refractivity contribution is 5.89. The van der Waals surface area contributed by atoms with Crippen molar-refractivity contribution in [2.75, 3.05) is 20.8 Å². The lowest BCUT2D eigenvalue weighted by Crippen LogP contribution is -2.07. The minimum Gasteiger partial charge on any atom is -0.493 e. The van der Waals surface area contributed by atoms with Crippen LogP contribution in [0, 0.1) is 6.92 Å². The smallest absolute Gasteiger partial charge is 0.373 e. The van der Waals surface area contributed by atoms with Crippen molar-refractivity contribution in [3.8, 4) is 11.5 Å². The second-order valence-corrected chi connectivity index (χ2v) is 3.12. The average Bonchev–Trinajstić information content (AvgIpc) is 2.38. The van der Waals surface area contributed by atoms with E-state index in [-0.39, 0.29) is 6.61 Å². The molecule has 1 aromatic carbocycles. The Morgan fingerprint density at radius 1 is 1.24 bits per heavy atom. The maximum absolute atomic E-state index is 11.5. The lowest BCUT2D eigenvalue weighted by atomic mass is 10.2. The van der Waals surface area contributed by atoms with Crippen molar-refractivity contribution in [3.05, 3.63) is 30.7 Å². The zero-order valence-corrected chi connectivity index (χ0v) is 9.89. The number of methoxy groups -OCH3 is 2. The number of ether oxygens (including phenoxy) is 2. The summed E-state index contributed by atoms with van der Waals surface area (Å²) in [6.07, 6.45) is 0.527. The Bertz CT molecular complexity index is 375. The lowest BCUT2D eigenvalue weighted by Gasteiger charge is -2.08. The molecule has 0 aliphatic carbocycles. The molecule has 0 aliphatic rings. The Labute approximate surface area is 100 Å². The van der Waals surface area contributed by atoms with Crippen LogP contribution in [0.1, 0.15) is 16.8 Å². The Morgan fingerprint density at radius 2 is 1.94 bits per heavy atom. The van der Waals surface area contributed by atoms with Crippen LogP contribution >= 0.6 is 0 Å². The molecule has 5 heteroatoms. The summed E-state index contributed by atoms with van der Waals surface area (Å²) in [5.74, 6) is 0.418. The summed E-state index contributed by atoms with van der Waals surface area (Å²) < 4.78 is 10.1. The Balaban J connectivity index is 2.74. The van der Waals surface area contributed by atoms with Gasteiger partial charge in [0, 0.05) is 0 Å². The Morgan fingerprint density at radius 3 is 2.53 bits per heavy atom. The number of carbonyl (C=O) groups excluding carboxylic acids is 1. The van der Waals surface area contributed by atoms with Gasteiger partial charge in [-0.2, -0.15) is 4.89 Å². The highest BCUT2D eigenvalue weighted by Crippen LogP contribution is 2.27. The van der Waals surface area contributed by atoms with E-state index >= 15 is 0 Å². The first-order valence-electron chi connectivity index (χ1n) is 5.08. The average molecular weight is 239 g/mol. The molecule has 0 aliphatic heterocycles. The molecule has 1 aromatic rings. The molecule has 0 saturated carbocycles. The molecule has 0 heterocycles. The van der Waals surface area contributed by atoms with Crippen LogP contribution in [0.4, 0.5) is 0 Å². The minimum atomic E-state index is -0.584. The van der Waals surface area contributed by atoms with Gasteiger partial charge >= 0.3 is 5.97 Å². The maximum atomic E-state index is 11.5. The summed E-state index contributed by atoms with van der Waals surface area (Å²) in [5, 5.41) is 0. The SMILES string of the molecule is [CH2]CCOOC(=O)c1ccc(OC)c(OC)c1. The van der Waals surface area contributed by atoms with Crippen LogP contribution in [0.2, 0.25) is 0 Å². The largest absolute Gasteiger partial charge is 0.493 e. The van der Waals surface area contributed by atoms with E-state index in [9.17, 15) is 4.79 Å². The van der Waals surface area contributed by atoms with Gasteiger partial charge < -0.3 is 9.47 Å². The number of rotatable bonds is 6. The van der Waals surface area contributed by atoms with Crippen LogP contribution in [0.25, 0.3) is 0 Å². The van der Waals surface area contributed by atoms with Crippen LogP contribution in [0.5, 0.6) is 11.5 Å². The molecule has 5 nitrogen and oxygen atoms in total. The first-order valence-corrected chi connectivity index (χ1v) is 5.08. The summed E-state index contributed by atoms with van der Waals surface area (Å²) in [6, 6.07) is 4.71. The van der Waals surface area contributed by atoms with Gasteiger partial charge in [0.2, 0.25) is 0 Å². The molecule has 93 valence electrons. The lowest BCUT2D eigenvalue weighted by molar-refractivity contribution is -0.239. The van der Waals surface area contributed by atoms with E-state index in [2.05, 4.69) is 16.7 Å². The van der Waals surface area contributed by atoms with E-state index in [1.807, 2.05) is 0 Å². The predicted octanol–water partition coefficient (Wildman–Crippen LogP) is 2.02. The summed E-state index contributed by atoms with van der Waals surface area (Å²) in [6.45, 7) is 3.82. The number of benzene rings is 1. The molecule has 17 heavy (non-hydrogen) atoms. The molecule has 0 spiro atoms. The third-order valence-electron chi connectivity index (χ3n) is 1.98. The minimum absolute atomic E-state index is 0.263. The fourth-order valence-corrected chi connectivity index (χ4v) is 1.17. The van der Waals surface area contributed by atoms with E-state index in [4.69, 9.17) is 9.47 Å². The highest BCUT2D eigenvalue weighted by atomic mass is 17.2. The van der Waals surface area contributed by atoms with E-state index in [1.54, 1.807) is 12.1 Å². The van der Waals surface area contributed by atoms with Gasteiger partial charge in [-0.05, 0) is 24.6 Å². The Hall–Kier alpha value is -1.75. The van der Waals surface area contributed by atoms with Crippen molar-refractivity contribution in [3.63, 3.8) is 0 Å². The Kier molecular flexibility index (Phi) is 5.29. The van der Waals surface area contributed by atoms with Gasteiger partial charge in [0.15, 0.2) is 11.5 Å². The van der Waals surface area contributed by atoms with Gasteiger partial charge in [-0.25, -0.2) is 4.79 Å². The molecule has 1 rings (SSSR count). The van der Waals surface area contributed by atoms with E-state index in [0.717, 1.165) is 0 Å². The molecule has 0 fully saturated rings. The molecule has 0 atom stereocenters. The number of hydrogen-bond donors (Lipinski definition) is 0. The fourth-order valence-electron chi connectivity index (χ4n) is 1.17. The molecule has 0 saturated heterocycles. The van der Waals surface area contributed by atoms with Crippen molar-refractivity contribution in [2.45, 2.75) is 6.42 Å². The third kappa shape index (κ3) is 3.64. The van der Waals surface area contributed by atoms with Gasteiger partial charge in [0.1, 0.15) is 0 Å². The van der Waals surface area contributed by atoms with Crippen molar-refractivity contribution in [1.82, 2.24) is 0 Å². The number of carbonyl (C=O) groups is 1. The third-order valence-corrected chi connectivity index (χ3v) is 1.98. The summed E-state index contributed by atoms with van der Waals surface area (Å²) in [5.41, 5.74) is 0.326. The molecule has 0 N–H and O–H groups in total. The molecular weight excluding hydrogens is 224 g/mol. The fraction of sp³-hybridized carbons (Fsp3) is 0.333. The zero-order valence-electron chi connectivity index (χ0n) is 9.89. The monoisotopic (exact) mass is 239 g/mol. The van der Waals surface area contributed by atoms with Gasteiger partial charge in [0.05, 0.1) is 26.4 Å². The topological polar surface area (TPSA) is 54.0 Å². The first kappa shape index (κ1) is 13.3. The van der Waals surface area contributed by atoms with E-state index in [0.29, 0.717) is 23.5 Å². The van der Waals surface area contributed by atoms with Gasteiger partial charge in [-0.3, -0.25) is 4.89 Å². The predicted molar refractivity (Wildman–Crippen MR) is 60.9 cm³/mol. The molecular formula is C12H15O5. The zero-order chi connectivity index (χ0) is 12.7. The van der Waals surface area contributed by atoms with Crippen LogP contribution in [0.3, 0.4) is 0 Å². The van der Waals surface area contributed by atoms with Crippen LogP contribution in [0.15, 0.2) is 18.2 Å². The molecule has 0 aromatic heterocycles. The molecule has 0 amide bonds. The van der Waals surface area contributed by atoms with Crippen LogP contribution < -0.4 is 9.47 Å². The van der Waals surface area contributed by atoms with Crippen LogP contribution in [-0.4, -0.2) is 26.8 Å². The van der Waals surface area contributed by atoms with Crippen molar-refractivity contribution >= 4 is 5.97 Å². The van der Waals surface area contributed by atoms with Gasteiger partial charge in [0.25, 0.3) is 0 Å². The van der Waals surface area contributed by atoms with Gasteiger partial charge in [-0.15, -0.1) is 0 Å². The highest BCUT2D eigenvalue weighted by Gasteiger charge is 2.12. The maximum Gasteiger partial charge on any atom is 0.373 e. The van der Waals surface area contributed by atoms with Crippen molar-refractivity contribution in [1.29, 1.82) is 0 Å². The van der Waals surface area contributed by atoms with Gasteiger partial charge in [-0.1, -0.05) is 6.92 Å². The molecule has 1 radical (unpaired) electrons. The van der Waals surface area contributed by atoms with Crippen molar-refractivity contribution in [2.24, 2.45) is 0 Å². The van der Waals surface area contributed by atoms with E-state index < -0.39 is 5.97 Å². The standard InChI is InChI=1S/C12H15O5/c1-4-7-16-17-12(13)9-5-6-10(14-2)11(8-9)15-3/h5-6,8H,1,4,7H2,2-3H3. The summed E-state index contributed by atoms with van der Waals surface area (Å²) in [7, 11) is 3.01. The van der Waals surface area contributed by atoms with E-state index in [1.165, 1.54) is 20.3 Å². The molecule has 0 unspecified atom stereocenters. The molecule has 0 bridgehead atoms. The second kappa shape index (κ2) is 6.75. The first-order chi connectivity index (χ1) is 8.22. The van der Waals surface area contributed by atoms with Crippen LogP contribution in [-0.2, 0) is 9.78 Å². The number of hydrogen-bond acceptors (Lipinski definition) is 5. The van der Waals surface area contributed by atoms with Crippen molar-refractivity contribution < 1.29 is 24.0 Å².